The molecular formula is C11H13FN4O. The molecule has 0 unspecified atom stereocenters. The highest BCUT2D eigenvalue weighted by Crippen LogP contribution is 2.18. The van der Waals surface area contributed by atoms with E-state index in [-0.39, 0.29) is 5.82 Å². The van der Waals surface area contributed by atoms with Crippen molar-refractivity contribution in [2.45, 2.75) is 13.5 Å². The van der Waals surface area contributed by atoms with Gasteiger partial charge in [-0.15, -0.1) is 5.10 Å². The molecule has 0 atom stereocenters. The van der Waals surface area contributed by atoms with Crippen molar-refractivity contribution in [1.29, 1.82) is 0 Å². The minimum atomic E-state index is -0.239. The molecule has 5 nitrogen and oxygen atoms in total. The predicted molar refractivity (Wildman–Crippen MR) is 61.5 cm³/mol. The fraction of sp³-hybridized carbons (Fsp3) is 0.273. The monoisotopic (exact) mass is 236 g/mol. The molecule has 1 heterocycles. The molecule has 90 valence electrons. The number of halogens is 1. The molecule has 1 aromatic carbocycles. The normalized spacial score (nSPS) is 10.5. The second-order valence-corrected chi connectivity index (χ2v) is 3.62. The second kappa shape index (κ2) is 4.92. The molecule has 0 fully saturated rings. The van der Waals surface area contributed by atoms with Crippen molar-refractivity contribution < 1.29 is 8.81 Å². The quantitative estimate of drug-likeness (QED) is 0.849. The summed E-state index contributed by atoms with van der Waals surface area (Å²) in [6.45, 7) is 2.21. The first-order valence-corrected chi connectivity index (χ1v) is 5.19. The fourth-order valence-electron chi connectivity index (χ4n) is 1.37. The molecule has 0 saturated heterocycles. The van der Waals surface area contributed by atoms with Crippen molar-refractivity contribution >= 4 is 11.7 Å². The summed E-state index contributed by atoms with van der Waals surface area (Å²) in [4.78, 5) is 0. The van der Waals surface area contributed by atoms with Crippen LogP contribution in [0.4, 0.5) is 16.1 Å². The molecule has 0 radical (unpaired) electrons. The van der Waals surface area contributed by atoms with Gasteiger partial charge in [-0.3, -0.25) is 0 Å². The van der Waals surface area contributed by atoms with E-state index in [1.165, 1.54) is 6.07 Å². The summed E-state index contributed by atoms with van der Waals surface area (Å²) in [5.41, 5.74) is 1.27. The van der Waals surface area contributed by atoms with Crippen LogP contribution in [0.2, 0.25) is 0 Å². The molecule has 0 amide bonds. The van der Waals surface area contributed by atoms with Crippen LogP contribution >= 0.6 is 0 Å². The number of nitrogens with one attached hydrogen (secondary N) is 2. The van der Waals surface area contributed by atoms with E-state index in [9.17, 15) is 4.39 Å². The topological polar surface area (TPSA) is 63.0 Å². The van der Waals surface area contributed by atoms with E-state index in [1.54, 1.807) is 26.1 Å². The first-order valence-electron chi connectivity index (χ1n) is 5.19. The summed E-state index contributed by atoms with van der Waals surface area (Å²) in [7, 11) is 1.79. The Kier molecular flexibility index (Phi) is 3.34. The van der Waals surface area contributed by atoms with Gasteiger partial charge in [0.25, 0.3) is 0 Å². The highest BCUT2D eigenvalue weighted by molar-refractivity contribution is 5.53. The maximum Gasteiger partial charge on any atom is 0.320 e. The van der Waals surface area contributed by atoms with Crippen molar-refractivity contribution in [2.75, 3.05) is 12.4 Å². The number of aryl methyl sites for hydroxylation is 1. The van der Waals surface area contributed by atoms with Crippen LogP contribution in [0.25, 0.3) is 0 Å². The van der Waals surface area contributed by atoms with Crippen molar-refractivity contribution in [2.24, 2.45) is 0 Å². The number of aromatic nitrogens is 2. The summed E-state index contributed by atoms with van der Waals surface area (Å²) in [6, 6.07) is 4.98. The van der Waals surface area contributed by atoms with Gasteiger partial charge in [-0.05, 0) is 37.7 Å². The molecule has 0 saturated carbocycles. The number of benzene rings is 1. The molecule has 0 bridgehead atoms. The highest BCUT2D eigenvalue weighted by atomic mass is 19.1. The van der Waals surface area contributed by atoms with E-state index in [2.05, 4.69) is 20.8 Å². The van der Waals surface area contributed by atoms with Crippen LogP contribution in [0.1, 0.15) is 11.5 Å². The lowest BCUT2D eigenvalue weighted by molar-refractivity contribution is 0.493. The first kappa shape index (κ1) is 11.5. The Bertz CT molecular complexity index is 512. The number of hydrogen-bond donors (Lipinski definition) is 2. The summed E-state index contributed by atoms with van der Waals surface area (Å²) in [5.74, 6) is 0.255. The molecule has 2 aromatic rings. The Hall–Kier alpha value is -1.95. The Morgan fingerprint density at radius 2 is 2.18 bits per heavy atom. The Labute approximate surface area is 98.1 Å². The zero-order valence-electron chi connectivity index (χ0n) is 9.62. The first-order chi connectivity index (χ1) is 8.19. The fourth-order valence-corrected chi connectivity index (χ4v) is 1.37. The zero-order valence-corrected chi connectivity index (χ0v) is 9.62. The SMILES string of the molecule is CNCc1nnc(Nc2ccc(F)c(C)c2)o1. The van der Waals surface area contributed by atoms with Gasteiger partial charge in [0.1, 0.15) is 5.82 Å². The predicted octanol–water partition coefficient (Wildman–Crippen LogP) is 1.98. The van der Waals surface area contributed by atoms with E-state index in [0.29, 0.717) is 29.7 Å². The molecular weight excluding hydrogens is 223 g/mol. The third-order valence-corrected chi connectivity index (χ3v) is 2.20. The van der Waals surface area contributed by atoms with Crippen LogP contribution in [0.3, 0.4) is 0 Å². The third-order valence-electron chi connectivity index (χ3n) is 2.20. The molecule has 6 heteroatoms. The van der Waals surface area contributed by atoms with Crippen LogP contribution in [0, 0.1) is 12.7 Å². The average Bonchev–Trinajstić information content (AvgIpc) is 2.72. The van der Waals surface area contributed by atoms with Gasteiger partial charge in [0, 0.05) is 5.69 Å². The van der Waals surface area contributed by atoms with Crippen LogP contribution in [0.15, 0.2) is 22.6 Å². The summed E-state index contributed by atoms with van der Waals surface area (Å²) in [6.07, 6.45) is 0. The van der Waals surface area contributed by atoms with Gasteiger partial charge in [0.2, 0.25) is 5.89 Å². The van der Waals surface area contributed by atoms with Crippen LogP contribution in [-0.4, -0.2) is 17.2 Å². The Morgan fingerprint density at radius 1 is 1.35 bits per heavy atom. The molecule has 1 aromatic heterocycles. The second-order valence-electron chi connectivity index (χ2n) is 3.62. The van der Waals surface area contributed by atoms with E-state index in [0.717, 1.165) is 0 Å². The van der Waals surface area contributed by atoms with Crippen molar-refractivity contribution in [1.82, 2.24) is 15.5 Å². The maximum absolute atomic E-state index is 13.1. The standard InChI is InChI=1S/C11H13FN4O/c1-7-5-8(3-4-9(7)12)14-11-16-15-10(17-11)6-13-2/h3-5,13H,6H2,1-2H3,(H,14,16). The summed E-state index contributed by atoms with van der Waals surface area (Å²) in [5, 5.41) is 13.5. The van der Waals surface area contributed by atoms with E-state index >= 15 is 0 Å². The van der Waals surface area contributed by atoms with Gasteiger partial charge in [-0.25, -0.2) is 4.39 Å². The number of nitrogens with zero attached hydrogens (tertiary/aromatic N) is 2. The Morgan fingerprint density at radius 3 is 2.88 bits per heavy atom. The van der Waals surface area contributed by atoms with Gasteiger partial charge >= 0.3 is 6.01 Å². The molecule has 0 aliphatic carbocycles. The number of hydrogen-bond acceptors (Lipinski definition) is 5. The van der Waals surface area contributed by atoms with Crippen LogP contribution < -0.4 is 10.6 Å². The van der Waals surface area contributed by atoms with Crippen LogP contribution in [0.5, 0.6) is 0 Å². The molecule has 17 heavy (non-hydrogen) atoms. The Balaban J connectivity index is 2.11. The smallest absolute Gasteiger partial charge is 0.320 e. The minimum absolute atomic E-state index is 0.239. The van der Waals surface area contributed by atoms with Crippen molar-refractivity contribution in [3.8, 4) is 0 Å². The van der Waals surface area contributed by atoms with E-state index in [1.807, 2.05) is 0 Å². The molecule has 2 N–H and O–H groups in total. The number of rotatable bonds is 4. The van der Waals surface area contributed by atoms with Crippen molar-refractivity contribution in [3.63, 3.8) is 0 Å². The van der Waals surface area contributed by atoms with Crippen molar-refractivity contribution in [3.05, 3.63) is 35.5 Å². The molecule has 2 rings (SSSR count). The van der Waals surface area contributed by atoms with Gasteiger partial charge in [0.05, 0.1) is 6.54 Å². The summed E-state index contributed by atoms with van der Waals surface area (Å²) >= 11 is 0. The molecule has 0 spiro atoms. The van der Waals surface area contributed by atoms with E-state index in [4.69, 9.17) is 4.42 Å². The lowest BCUT2D eigenvalue weighted by atomic mass is 10.2. The number of anilines is 2. The highest BCUT2D eigenvalue weighted by Gasteiger charge is 2.06. The summed E-state index contributed by atoms with van der Waals surface area (Å²) < 4.78 is 18.4. The lowest BCUT2D eigenvalue weighted by Crippen LogP contribution is -2.04. The van der Waals surface area contributed by atoms with Gasteiger partial charge in [-0.2, -0.15) is 0 Å². The maximum atomic E-state index is 13.1. The van der Waals surface area contributed by atoms with Gasteiger partial charge in [0.15, 0.2) is 0 Å². The largest absolute Gasteiger partial charge is 0.406 e. The van der Waals surface area contributed by atoms with Crippen LogP contribution in [-0.2, 0) is 6.54 Å². The minimum Gasteiger partial charge on any atom is -0.406 e. The van der Waals surface area contributed by atoms with Gasteiger partial charge < -0.3 is 15.1 Å². The average molecular weight is 236 g/mol. The third kappa shape index (κ3) is 2.79. The van der Waals surface area contributed by atoms with Gasteiger partial charge in [-0.1, -0.05) is 5.10 Å². The lowest BCUT2D eigenvalue weighted by Gasteiger charge is -2.02. The zero-order chi connectivity index (χ0) is 12.3. The molecule has 0 aliphatic heterocycles. The van der Waals surface area contributed by atoms with E-state index < -0.39 is 0 Å². The molecule has 0 aliphatic rings.